The number of hydrogen-bond donors (Lipinski definition) is 0. The van der Waals surface area contributed by atoms with Crippen molar-refractivity contribution in [2.45, 2.75) is 13.3 Å². The van der Waals surface area contributed by atoms with Crippen LogP contribution in [0.5, 0.6) is 5.75 Å². The van der Waals surface area contributed by atoms with E-state index in [9.17, 15) is 0 Å². The summed E-state index contributed by atoms with van der Waals surface area (Å²) >= 11 is 0. The first kappa shape index (κ1) is 11.6. The maximum Gasteiger partial charge on any atom is 0.124 e. The van der Waals surface area contributed by atoms with E-state index in [4.69, 9.17) is 10.3 Å². The highest BCUT2D eigenvalue weighted by molar-refractivity contribution is 5.63. The van der Waals surface area contributed by atoms with Crippen LogP contribution in [0.25, 0.3) is 10.4 Å². The Balaban J connectivity index is 2.14. The molecule has 17 heavy (non-hydrogen) atoms. The maximum absolute atomic E-state index is 8.27. The first-order chi connectivity index (χ1) is 8.36. The molecule has 0 fully saturated rings. The van der Waals surface area contributed by atoms with Gasteiger partial charge in [0, 0.05) is 35.8 Å². The molecular formula is C12H16N4O. The van der Waals surface area contributed by atoms with Crippen molar-refractivity contribution in [1.82, 2.24) is 0 Å². The molecule has 1 aromatic carbocycles. The number of anilines is 1. The minimum absolute atomic E-state index is 0.509. The van der Waals surface area contributed by atoms with E-state index in [0.717, 1.165) is 25.3 Å². The Kier molecular flexibility index (Phi) is 3.73. The molecule has 0 N–H and O–H groups in total. The van der Waals surface area contributed by atoms with Gasteiger partial charge in [-0.05, 0) is 31.0 Å². The monoisotopic (exact) mass is 232 g/mol. The number of hydrogen-bond acceptors (Lipinski definition) is 3. The summed E-state index contributed by atoms with van der Waals surface area (Å²) < 4.78 is 5.61. The Bertz CT molecular complexity index is 440. The van der Waals surface area contributed by atoms with Crippen LogP contribution in [-0.4, -0.2) is 26.2 Å². The van der Waals surface area contributed by atoms with Gasteiger partial charge < -0.3 is 9.64 Å². The average Bonchev–Trinajstić information content (AvgIpc) is 2.75. The van der Waals surface area contributed by atoms with Crippen LogP contribution in [-0.2, 0) is 6.42 Å². The van der Waals surface area contributed by atoms with Crippen LogP contribution < -0.4 is 9.64 Å². The molecule has 0 aliphatic carbocycles. The summed E-state index contributed by atoms with van der Waals surface area (Å²) in [5, 5.41) is 3.57. The molecule has 0 saturated carbocycles. The second kappa shape index (κ2) is 5.46. The Hall–Kier alpha value is -1.87. The summed E-state index contributed by atoms with van der Waals surface area (Å²) in [6.45, 7) is 4.94. The average molecular weight is 232 g/mol. The molecule has 0 spiro atoms. The van der Waals surface area contributed by atoms with Gasteiger partial charge in [-0.15, -0.1) is 0 Å². The van der Waals surface area contributed by atoms with Crippen molar-refractivity contribution >= 4 is 5.69 Å². The molecule has 5 nitrogen and oxygen atoms in total. The molecule has 0 bridgehead atoms. The molecule has 2 rings (SSSR count). The molecule has 1 heterocycles. The van der Waals surface area contributed by atoms with Crippen molar-refractivity contribution < 1.29 is 4.74 Å². The van der Waals surface area contributed by atoms with Crippen LogP contribution in [0.1, 0.15) is 12.5 Å². The van der Waals surface area contributed by atoms with Crippen molar-refractivity contribution in [3.63, 3.8) is 0 Å². The fourth-order valence-electron chi connectivity index (χ4n) is 2.20. The third kappa shape index (κ3) is 2.45. The van der Waals surface area contributed by atoms with Crippen LogP contribution in [0.2, 0.25) is 0 Å². The van der Waals surface area contributed by atoms with E-state index >= 15 is 0 Å². The van der Waals surface area contributed by atoms with Crippen molar-refractivity contribution in [1.29, 1.82) is 0 Å². The number of fused-ring (bicyclic) bond motifs is 1. The number of nitrogens with zero attached hydrogens (tertiary/aromatic N) is 4. The normalized spacial score (nSPS) is 13.1. The number of benzene rings is 1. The molecule has 0 saturated heterocycles. The van der Waals surface area contributed by atoms with Gasteiger partial charge in [0.1, 0.15) is 5.75 Å². The van der Waals surface area contributed by atoms with Crippen molar-refractivity contribution in [3.05, 3.63) is 34.2 Å². The van der Waals surface area contributed by atoms with E-state index in [1.165, 1.54) is 11.3 Å². The summed E-state index contributed by atoms with van der Waals surface area (Å²) in [5.74, 6) is 0.983. The summed E-state index contributed by atoms with van der Waals surface area (Å²) in [7, 11) is 0. The molecular weight excluding hydrogens is 216 g/mol. The SMILES string of the molecule is CCOc1cccc2c1CCN2CCN=[N+]=[N-]. The Labute approximate surface area is 101 Å². The zero-order valence-corrected chi connectivity index (χ0v) is 9.96. The highest BCUT2D eigenvalue weighted by atomic mass is 16.5. The van der Waals surface area contributed by atoms with Gasteiger partial charge in [0.25, 0.3) is 0 Å². The fraction of sp³-hybridized carbons (Fsp3) is 0.500. The Morgan fingerprint density at radius 2 is 2.41 bits per heavy atom. The molecule has 90 valence electrons. The van der Waals surface area contributed by atoms with Gasteiger partial charge in [0.15, 0.2) is 0 Å². The first-order valence-corrected chi connectivity index (χ1v) is 5.87. The quantitative estimate of drug-likeness (QED) is 0.445. The van der Waals surface area contributed by atoms with Gasteiger partial charge >= 0.3 is 0 Å². The predicted octanol–water partition coefficient (Wildman–Crippen LogP) is 2.76. The molecule has 1 aromatic rings. The van der Waals surface area contributed by atoms with Crippen molar-refractivity contribution in [3.8, 4) is 5.75 Å². The Morgan fingerprint density at radius 1 is 1.53 bits per heavy atom. The topological polar surface area (TPSA) is 61.2 Å². The summed E-state index contributed by atoms with van der Waals surface area (Å²) in [4.78, 5) is 5.02. The fourth-order valence-corrected chi connectivity index (χ4v) is 2.20. The van der Waals surface area contributed by atoms with Crippen molar-refractivity contribution in [2.24, 2.45) is 5.11 Å². The molecule has 0 radical (unpaired) electrons. The summed E-state index contributed by atoms with van der Waals surface area (Å²) in [5.41, 5.74) is 10.8. The van der Waals surface area contributed by atoms with E-state index < -0.39 is 0 Å². The molecule has 1 aliphatic heterocycles. The van der Waals surface area contributed by atoms with E-state index in [-0.39, 0.29) is 0 Å². The number of ether oxygens (including phenoxy) is 1. The zero-order chi connectivity index (χ0) is 12.1. The van der Waals surface area contributed by atoms with Gasteiger partial charge in [0.05, 0.1) is 6.61 Å². The lowest BCUT2D eigenvalue weighted by Gasteiger charge is -2.18. The third-order valence-electron chi connectivity index (χ3n) is 2.91. The van der Waals surface area contributed by atoms with Crippen molar-refractivity contribution in [2.75, 3.05) is 31.1 Å². The lowest BCUT2D eigenvalue weighted by molar-refractivity contribution is 0.337. The highest BCUT2D eigenvalue weighted by Crippen LogP contribution is 2.34. The molecule has 0 atom stereocenters. The first-order valence-electron chi connectivity index (χ1n) is 5.87. The second-order valence-corrected chi connectivity index (χ2v) is 3.88. The van der Waals surface area contributed by atoms with E-state index in [1.54, 1.807) is 0 Å². The van der Waals surface area contributed by atoms with Crippen LogP contribution in [0.4, 0.5) is 5.69 Å². The van der Waals surface area contributed by atoms with Gasteiger partial charge in [-0.3, -0.25) is 0 Å². The summed E-state index contributed by atoms with van der Waals surface area (Å²) in [6.07, 6.45) is 1.00. The van der Waals surface area contributed by atoms with Crippen LogP contribution in [0, 0.1) is 0 Å². The zero-order valence-electron chi connectivity index (χ0n) is 9.96. The number of azide groups is 1. The Morgan fingerprint density at radius 3 is 3.18 bits per heavy atom. The lowest BCUT2D eigenvalue weighted by Crippen LogP contribution is -2.23. The van der Waals surface area contributed by atoms with Gasteiger partial charge in [0.2, 0.25) is 0 Å². The lowest BCUT2D eigenvalue weighted by atomic mass is 10.1. The summed E-state index contributed by atoms with van der Waals surface area (Å²) in [6, 6.07) is 6.12. The predicted molar refractivity (Wildman–Crippen MR) is 67.5 cm³/mol. The smallest absolute Gasteiger partial charge is 0.124 e. The van der Waals surface area contributed by atoms with E-state index in [1.807, 2.05) is 19.1 Å². The minimum Gasteiger partial charge on any atom is -0.494 e. The highest BCUT2D eigenvalue weighted by Gasteiger charge is 2.21. The van der Waals surface area contributed by atoms with E-state index in [2.05, 4.69) is 21.0 Å². The maximum atomic E-state index is 8.27. The second-order valence-electron chi connectivity index (χ2n) is 3.88. The minimum atomic E-state index is 0.509. The van der Waals surface area contributed by atoms with E-state index in [0.29, 0.717) is 13.2 Å². The standard InChI is InChI=1S/C12H16N4O/c1-2-17-12-5-3-4-11-10(12)6-8-16(11)9-7-14-15-13/h3-5H,2,6-9H2,1H3. The van der Waals surface area contributed by atoms with Crippen LogP contribution >= 0.6 is 0 Å². The molecule has 0 amide bonds. The van der Waals surface area contributed by atoms with Crippen LogP contribution in [0.15, 0.2) is 23.3 Å². The van der Waals surface area contributed by atoms with Gasteiger partial charge in [-0.25, -0.2) is 0 Å². The molecule has 5 heteroatoms. The van der Waals surface area contributed by atoms with Gasteiger partial charge in [-0.2, -0.15) is 0 Å². The molecule has 0 unspecified atom stereocenters. The molecule has 0 aromatic heterocycles. The van der Waals surface area contributed by atoms with Crippen LogP contribution in [0.3, 0.4) is 0 Å². The number of rotatable bonds is 5. The molecule has 1 aliphatic rings. The largest absolute Gasteiger partial charge is 0.494 e. The van der Waals surface area contributed by atoms with Gasteiger partial charge in [-0.1, -0.05) is 11.2 Å². The third-order valence-corrected chi connectivity index (χ3v) is 2.91.